The van der Waals surface area contributed by atoms with Crippen molar-refractivity contribution in [2.24, 2.45) is 5.92 Å². The van der Waals surface area contributed by atoms with Crippen molar-refractivity contribution in [2.45, 2.75) is 44.5 Å². The van der Waals surface area contributed by atoms with Crippen LogP contribution in [0.4, 0.5) is 0 Å². The number of hydrogen-bond acceptors (Lipinski definition) is 5. The van der Waals surface area contributed by atoms with Crippen LogP contribution < -0.4 is 5.32 Å². The Morgan fingerprint density at radius 1 is 1.37 bits per heavy atom. The lowest BCUT2D eigenvalue weighted by atomic mass is 10.2. The number of carbonyl (C=O) groups excluding carboxylic acids is 1. The molecule has 146 valence electrons. The second-order valence-electron chi connectivity index (χ2n) is 7.05. The number of thioether (sulfide) groups is 1. The smallest absolute Gasteiger partial charge is 0.230 e. The van der Waals surface area contributed by atoms with Crippen molar-refractivity contribution in [3.8, 4) is 11.4 Å². The van der Waals surface area contributed by atoms with Crippen LogP contribution in [0.1, 0.15) is 26.7 Å². The molecule has 0 bridgehead atoms. The van der Waals surface area contributed by atoms with E-state index in [1.54, 1.807) is 0 Å². The zero-order valence-electron chi connectivity index (χ0n) is 15.7. The average molecular weight is 409 g/mol. The topological polar surface area (TPSA) is 69.0 Å². The van der Waals surface area contributed by atoms with E-state index in [0.29, 0.717) is 23.2 Å². The molecule has 0 spiro atoms. The Kier molecular flexibility index (Phi) is 7.15. The molecule has 1 aliphatic heterocycles. The predicted molar refractivity (Wildman–Crippen MR) is 108 cm³/mol. The first-order valence-corrected chi connectivity index (χ1v) is 10.6. The third kappa shape index (κ3) is 5.70. The zero-order valence-corrected chi connectivity index (χ0v) is 17.2. The molecular weight excluding hydrogens is 384 g/mol. The molecule has 1 aromatic heterocycles. The van der Waals surface area contributed by atoms with Gasteiger partial charge < -0.3 is 14.6 Å². The van der Waals surface area contributed by atoms with Gasteiger partial charge in [-0.2, -0.15) is 0 Å². The molecule has 0 aliphatic carbocycles. The van der Waals surface area contributed by atoms with Crippen LogP contribution in [0.25, 0.3) is 11.4 Å². The number of hydrogen-bond donors (Lipinski definition) is 1. The highest BCUT2D eigenvalue weighted by Crippen LogP contribution is 2.26. The normalized spacial score (nSPS) is 16.8. The summed E-state index contributed by atoms with van der Waals surface area (Å²) >= 11 is 7.40. The first-order valence-electron chi connectivity index (χ1n) is 9.23. The largest absolute Gasteiger partial charge is 0.376 e. The highest BCUT2D eigenvalue weighted by Gasteiger charge is 2.18. The van der Waals surface area contributed by atoms with Crippen molar-refractivity contribution in [1.29, 1.82) is 0 Å². The standard InChI is InChI=1S/C19H25ClN4O2S/c1-13(2)11-24-18(14-5-7-15(20)8-6-14)22-23-19(24)27-12-17(25)21-10-16-4-3-9-26-16/h5-8,13,16H,3-4,9-12H2,1-2H3,(H,21,25)/t16-/m1/s1. The lowest BCUT2D eigenvalue weighted by molar-refractivity contribution is -0.119. The van der Waals surface area contributed by atoms with Gasteiger partial charge in [-0.3, -0.25) is 4.79 Å². The molecule has 1 amide bonds. The summed E-state index contributed by atoms with van der Waals surface area (Å²) in [6, 6.07) is 7.56. The number of halogens is 1. The van der Waals surface area contributed by atoms with Crippen molar-refractivity contribution < 1.29 is 9.53 Å². The Morgan fingerprint density at radius 3 is 2.81 bits per heavy atom. The fraction of sp³-hybridized carbons (Fsp3) is 0.526. The Balaban J connectivity index is 1.65. The van der Waals surface area contributed by atoms with Gasteiger partial charge >= 0.3 is 0 Å². The van der Waals surface area contributed by atoms with Crippen LogP contribution in [0, 0.1) is 5.92 Å². The lowest BCUT2D eigenvalue weighted by Gasteiger charge is -2.13. The molecule has 2 aromatic rings. The number of nitrogens with one attached hydrogen (secondary N) is 1. The van der Waals surface area contributed by atoms with Gasteiger partial charge in [0, 0.05) is 30.3 Å². The molecule has 1 saturated heterocycles. The van der Waals surface area contributed by atoms with E-state index >= 15 is 0 Å². The maximum Gasteiger partial charge on any atom is 0.230 e. The minimum absolute atomic E-state index is 0.0114. The highest BCUT2D eigenvalue weighted by atomic mass is 35.5. The second-order valence-corrected chi connectivity index (χ2v) is 8.42. The summed E-state index contributed by atoms with van der Waals surface area (Å²) in [7, 11) is 0. The molecule has 2 heterocycles. The van der Waals surface area contributed by atoms with Crippen LogP contribution in [0.3, 0.4) is 0 Å². The van der Waals surface area contributed by atoms with Crippen LogP contribution >= 0.6 is 23.4 Å². The molecule has 1 aliphatic rings. The molecule has 0 radical (unpaired) electrons. The SMILES string of the molecule is CC(C)Cn1c(SCC(=O)NC[C@H]2CCCO2)nnc1-c1ccc(Cl)cc1. The summed E-state index contributed by atoms with van der Waals surface area (Å²) in [5.41, 5.74) is 0.960. The summed E-state index contributed by atoms with van der Waals surface area (Å²) in [5, 5.41) is 13.0. The Morgan fingerprint density at radius 2 is 2.15 bits per heavy atom. The Hall–Kier alpha value is -1.57. The van der Waals surface area contributed by atoms with Gasteiger partial charge in [-0.05, 0) is 43.0 Å². The molecular formula is C19H25ClN4O2S. The number of nitrogens with zero attached hydrogens (tertiary/aromatic N) is 3. The van der Waals surface area contributed by atoms with Crippen molar-refractivity contribution in [1.82, 2.24) is 20.1 Å². The molecule has 1 atom stereocenters. The number of ether oxygens (including phenoxy) is 1. The van der Waals surface area contributed by atoms with Gasteiger partial charge in [-0.15, -0.1) is 10.2 Å². The molecule has 3 rings (SSSR count). The number of benzene rings is 1. The minimum Gasteiger partial charge on any atom is -0.376 e. The maximum atomic E-state index is 12.2. The molecule has 1 aromatic carbocycles. The first kappa shape index (κ1) is 20.2. The molecule has 1 N–H and O–H groups in total. The van der Waals surface area contributed by atoms with Gasteiger partial charge in [0.15, 0.2) is 11.0 Å². The van der Waals surface area contributed by atoms with E-state index in [2.05, 4.69) is 33.9 Å². The summed E-state index contributed by atoms with van der Waals surface area (Å²) in [4.78, 5) is 12.2. The molecule has 6 nitrogen and oxygen atoms in total. The number of amides is 1. The first-order chi connectivity index (χ1) is 13.0. The van der Waals surface area contributed by atoms with Crippen LogP contribution in [0.5, 0.6) is 0 Å². The van der Waals surface area contributed by atoms with Gasteiger partial charge in [0.2, 0.25) is 5.91 Å². The van der Waals surface area contributed by atoms with E-state index in [1.807, 2.05) is 24.3 Å². The van der Waals surface area contributed by atoms with Gasteiger partial charge in [0.05, 0.1) is 11.9 Å². The van der Waals surface area contributed by atoms with Crippen molar-refractivity contribution in [2.75, 3.05) is 18.9 Å². The van der Waals surface area contributed by atoms with E-state index in [-0.39, 0.29) is 12.0 Å². The van der Waals surface area contributed by atoms with Gasteiger partial charge in [-0.1, -0.05) is 37.2 Å². The van der Waals surface area contributed by atoms with E-state index in [4.69, 9.17) is 16.3 Å². The molecule has 8 heteroatoms. The fourth-order valence-corrected chi connectivity index (χ4v) is 3.86. The van der Waals surface area contributed by atoms with Gasteiger partial charge in [0.25, 0.3) is 0 Å². The second kappa shape index (κ2) is 9.57. The van der Waals surface area contributed by atoms with Crippen LogP contribution in [-0.4, -0.2) is 45.7 Å². The van der Waals surface area contributed by atoms with Crippen LogP contribution in [0.2, 0.25) is 5.02 Å². The van der Waals surface area contributed by atoms with Crippen molar-refractivity contribution >= 4 is 29.3 Å². The van der Waals surface area contributed by atoms with Crippen molar-refractivity contribution in [3.63, 3.8) is 0 Å². The highest BCUT2D eigenvalue weighted by molar-refractivity contribution is 7.99. The number of aromatic nitrogens is 3. The van der Waals surface area contributed by atoms with Crippen LogP contribution in [0.15, 0.2) is 29.4 Å². The van der Waals surface area contributed by atoms with Gasteiger partial charge in [0.1, 0.15) is 0 Å². The lowest BCUT2D eigenvalue weighted by Crippen LogP contribution is -2.33. The Labute approximate surface area is 169 Å². The molecule has 0 unspecified atom stereocenters. The number of carbonyl (C=O) groups is 1. The Bertz CT molecular complexity index is 758. The maximum absolute atomic E-state index is 12.2. The summed E-state index contributed by atoms with van der Waals surface area (Å²) in [5.74, 6) is 1.52. The third-order valence-electron chi connectivity index (χ3n) is 4.25. The predicted octanol–water partition coefficient (Wildman–Crippen LogP) is 3.64. The van der Waals surface area contributed by atoms with E-state index < -0.39 is 0 Å². The summed E-state index contributed by atoms with van der Waals surface area (Å²) < 4.78 is 7.61. The fourth-order valence-electron chi connectivity index (χ4n) is 2.95. The zero-order chi connectivity index (χ0) is 19.2. The summed E-state index contributed by atoms with van der Waals surface area (Å²) in [6.07, 6.45) is 2.24. The quantitative estimate of drug-likeness (QED) is 0.675. The summed E-state index contributed by atoms with van der Waals surface area (Å²) in [6.45, 7) is 6.45. The third-order valence-corrected chi connectivity index (χ3v) is 5.47. The average Bonchev–Trinajstić information content (AvgIpc) is 3.29. The molecule has 27 heavy (non-hydrogen) atoms. The van der Waals surface area contributed by atoms with Crippen molar-refractivity contribution in [3.05, 3.63) is 29.3 Å². The molecule has 1 fully saturated rings. The monoisotopic (exact) mass is 408 g/mol. The van der Waals surface area contributed by atoms with E-state index in [9.17, 15) is 4.79 Å². The minimum atomic E-state index is -0.0114. The van der Waals surface area contributed by atoms with E-state index in [0.717, 1.165) is 42.5 Å². The van der Waals surface area contributed by atoms with Gasteiger partial charge in [-0.25, -0.2) is 0 Å². The molecule has 0 saturated carbocycles. The van der Waals surface area contributed by atoms with Crippen LogP contribution in [-0.2, 0) is 16.1 Å². The van der Waals surface area contributed by atoms with E-state index in [1.165, 1.54) is 11.8 Å². The number of rotatable bonds is 8.